The Kier molecular flexibility index (Phi) is 6.83. The molecular weight excluding hydrogens is 498 g/mol. The van der Waals surface area contributed by atoms with Crippen molar-refractivity contribution in [2.45, 2.75) is 19.5 Å². The summed E-state index contributed by atoms with van der Waals surface area (Å²) in [6, 6.07) is 25.3. The number of benzene rings is 4. The molecule has 1 heterocycles. The van der Waals surface area contributed by atoms with Crippen LogP contribution < -0.4 is 5.32 Å². The van der Waals surface area contributed by atoms with Gasteiger partial charge in [0.05, 0.1) is 28.6 Å². The van der Waals surface area contributed by atoms with Gasteiger partial charge in [-0.25, -0.2) is 9.48 Å². The van der Waals surface area contributed by atoms with E-state index < -0.39 is 10.9 Å². The number of nitrogens with one attached hydrogen (secondary N) is 1. The van der Waals surface area contributed by atoms with Crippen LogP contribution in [0.3, 0.4) is 0 Å². The molecule has 0 spiro atoms. The van der Waals surface area contributed by atoms with Crippen molar-refractivity contribution in [3.63, 3.8) is 0 Å². The lowest BCUT2D eigenvalue weighted by molar-refractivity contribution is -0.384. The number of nitrogens with zero attached hydrogens (tertiary/aromatic N) is 4. The number of carboxylic acid groups (broad SMARTS) is 1. The van der Waals surface area contributed by atoms with Gasteiger partial charge in [0.15, 0.2) is 0 Å². The first-order valence-corrected chi connectivity index (χ1v) is 12.1. The average molecular weight is 522 g/mol. The lowest BCUT2D eigenvalue weighted by Gasteiger charge is -2.14. The molecule has 0 radical (unpaired) electrons. The monoisotopic (exact) mass is 521 g/mol. The van der Waals surface area contributed by atoms with Crippen LogP contribution in [0.2, 0.25) is 0 Å². The molecule has 0 fully saturated rings. The fourth-order valence-electron chi connectivity index (χ4n) is 4.36. The maximum Gasteiger partial charge on any atom is 0.336 e. The molecule has 0 bridgehead atoms. The second kappa shape index (κ2) is 10.5. The van der Waals surface area contributed by atoms with E-state index in [0.717, 1.165) is 22.2 Å². The number of hydrogen-bond acceptors (Lipinski definition) is 6. The summed E-state index contributed by atoms with van der Waals surface area (Å²) in [6.07, 6.45) is 0. The highest BCUT2D eigenvalue weighted by Gasteiger charge is 2.16. The normalized spacial score (nSPS) is 11.7. The number of carbonyl (C=O) groups is 2. The number of nitro benzene ring substituents is 1. The van der Waals surface area contributed by atoms with Gasteiger partial charge < -0.3 is 10.4 Å². The molecule has 5 rings (SSSR count). The van der Waals surface area contributed by atoms with Gasteiger partial charge in [-0.3, -0.25) is 14.9 Å². The van der Waals surface area contributed by atoms with Crippen molar-refractivity contribution in [3.05, 3.63) is 123 Å². The predicted octanol–water partition coefficient (Wildman–Crippen LogP) is 5.24. The minimum atomic E-state index is -0.974. The standard InChI is InChI=1S/C29H23N5O5/c1-18(20-10-13-23(14-11-20)34(38)39)30-28(35)22-12-15-27-26(16-22)31-32-33(27)17-19-6-8-21(9-7-19)24-4-2-3-5-25(24)29(36)37/h2-16,18H,17H2,1H3,(H,30,35)(H,36,37)/t18-/m0/s1. The fraction of sp³-hybridized carbons (Fsp3) is 0.103. The van der Waals surface area contributed by atoms with Gasteiger partial charge in [-0.2, -0.15) is 0 Å². The van der Waals surface area contributed by atoms with Crippen molar-refractivity contribution in [3.8, 4) is 11.1 Å². The number of nitro groups is 1. The maximum atomic E-state index is 12.8. The van der Waals surface area contributed by atoms with Gasteiger partial charge in [0.25, 0.3) is 11.6 Å². The molecule has 10 nitrogen and oxygen atoms in total. The first-order valence-electron chi connectivity index (χ1n) is 12.1. The minimum Gasteiger partial charge on any atom is -0.478 e. The van der Waals surface area contributed by atoms with Gasteiger partial charge in [0.2, 0.25) is 0 Å². The lowest BCUT2D eigenvalue weighted by Crippen LogP contribution is -2.26. The number of non-ortho nitro benzene ring substituents is 1. The maximum absolute atomic E-state index is 12.8. The molecule has 5 aromatic rings. The van der Waals surface area contributed by atoms with E-state index in [1.807, 2.05) is 30.3 Å². The van der Waals surface area contributed by atoms with Gasteiger partial charge in [-0.1, -0.05) is 59.8 Å². The van der Waals surface area contributed by atoms with Crippen LogP contribution >= 0.6 is 0 Å². The number of carboxylic acids is 1. The van der Waals surface area contributed by atoms with E-state index in [-0.39, 0.29) is 23.2 Å². The molecule has 0 aliphatic rings. The number of aromatic nitrogens is 3. The zero-order chi connectivity index (χ0) is 27.5. The van der Waals surface area contributed by atoms with Crippen molar-refractivity contribution in [2.24, 2.45) is 0 Å². The summed E-state index contributed by atoms with van der Waals surface area (Å²) in [5.74, 6) is -1.27. The first kappa shape index (κ1) is 25.3. The molecule has 0 saturated heterocycles. The second-order valence-corrected chi connectivity index (χ2v) is 9.04. The number of rotatable bonds is 8. The average Bonchev–Trinajstić information content (AvgIpc) is 3.35. The molecule has 4 aromatic carbocycles. The number of carbonyl (C=O) groups excluding carboxylic acids is 1. The molecule has 2 N–H and O–H groups in total. The Balaban J connectivity index is 1.29. The summed E-state index contributed by atoms with van der Waals surface area (Å²) in [7, 11) is 0. The molecule has 0 aliphatic heterocycles. The zero-order valence-electron chi connectivity index (χ0n) is 20.8. The highest BCUT2D eigenvalue weighted by Crippen LogP contribution is 2.25. The topological polar surface area (TPSA) is 140 Å². The molecule has 194 valence electrons. The van der Waals surface area contributed by atoms with Crippen molar-refractivity contribution < 1.29 is 19.6 Å². The van der Waals surface area contributed by atoms with Crippen LogP contribution in [0.5, 0.6) is 0 Å². The van der Waals surface area contributed by atoms with Gasteiger partial charge in [0.1, 0.15) is 5.52 Å². The third-order valence-corrected chi connectivity index (χ3v) is 6.48. The highest BCUT2D eigenvalue weighted by molar-refractivity contribution is 5.97. The van der Waals surface area contributed by atoms with E-state index in [4.69, 9.17) is 0 Å². The van der Waals surface area contributed by atoms with Crippen LogP contribution in [0.1, 0.15) is 44.8 Å². The third kappa shape index (κ3) is 5.35. The number of aromatic carboxylic acids is 1. The summed E-state index contributed by atoms with van der Waals surface area (Å²) >= 11 is 0. The van der Waals surface area contributed by atoms with Crippen LogP contribution in [0, 0.1) is 10.1 Å². The molecule has 1 amide bonds. The van der Waals surface area contributed by atoms with Crippen LogP contribution in [0.25, 0.3) is 22.2 Å². The molecule has 1 atom stereocenters. The Labute approximate surface area is 222 Å². The van der Waals surface area contributed by atoms with E-state index in [2.05, 4.69) is 15.6 Å². The van der Waals surface area contributed by atoms with Gasteiger partial charge in [-0.15, -0.1) is 5.10 Å². The van der Waals surface area contributed by atoms with Crippen molar-refractivity contribution in [1.82, 2.24) is 20.3 Å². The lowest BCUT2D eigenvalue weighted by atomic mass is 9.99. The summed E-state index contributed by atoms with van der Waals surface area (Å²) in [6.45, 7) is 2.25. The Bertz CT molecular complexity index is 1690. The van der Waals surface area contributed by atoms with E-state index in [9.17, 15) is 24.8 Å². The van der Waals surface area contributed by atoms with Crippen molar-refractivity contribution in [1.29, 1.82) is 0 Å². The van der Waals surface area contributed by atoms with Crippen molar-refractivity contribution in [2.75, 3.05) is 0 Å². The van der Waals surface area contributed by atoms with Crippen molar-refractivity contribution >= 4 is 28.6 Å². The molecule has 0 unspecified atom stereocenters. The van der Waals surface area contributed by atoms with E-state index in [0.29, 0.717) is 23.2 Å². The molecule has 10 heteroatoms. The quantitative estimate of drug-likeness (QED) is 0.210. The van der Waals surface area contributed by atoms with E-state index in [1.54, 1.807) is 60.1 Å². The summed E-state index contributed by atoms with van der Waals surface area (Å²) in [5.41, 5.74) is 5.14. The molecule has 0 saturated carbocycles. The second-order valence-electron chi connectivity index (χ2n) is 9.04. The van der Waals surface area contributed by atoms with Crippen LogP contribution in [0.15, 0.2) is 91.0 Å². The van der Waals surface area contributed by atoms with E-state index in [1.165, 1.54) is 12.1 Å². The van der Waals surface area contributed by atoms with Gasteiger partial charge in [-0.05, 0) is 53.4 Å². The highest BCUT2D eigenvalue weighted by atomic mass is 16.6. The molecule has 1 aromatic heterocycles. The number of amides is 1. The molecule has 0 aliphatic carbocycles. The number of fused-ring (bicyclic) bond motifs is 1. The Hall–Kier alpha value is -5.38. The third-order valence-electron chi connectivity index (χ3n) is 6.48. The molecular formula is C29H23N5O5. The minimum absolute atomic E-state index is 0.00900. The van der Waals surface area contributed by atoms with Crippen LogP contribution in [-0.2, 0) is 6.54 Å². The summed E-state index contributed by atoms with van der Waals surface area (Å²) < 4.78 is 1.73. The van der Waals surface area contributed by atoms with Crippen LogP contribution in [-0.4, -0.2) is 36.9 Å². The largest absolute Gasteiger partial charge is 0.478 e. The Morgan fingerprint density at radius 3 is 2.41 bits per heavy atom. The summed E-state index contributed by atoms with van der Waals surface area (Å²) in [4.78, 5) is 34.8. The SMILES string of the molecule is C[C@H](NC(=O)c1ccc2c(c1)nnn2Cc1ccc(-c2ccccc2C(=O)O)cc1)c1ccc([N+](=O)[O-])cc1. The predicted molar refractivity (Wildman–Crippen MR) is 144 cm³/mol. The van der Waals surface area contributed by atoms with E-state index >= 15 is 0 Å². The Morgan fingerprint density at radius 1 is 1.00 bits per heavy atom. The van der Waals surface area contributed by atoms with Crippen LogP contribution in [0.4, 0.5) is 5.69 Å². The summed E-state index contributed by atoms with van der Waals surface area (Å²) in [5, 5.41) is 31.7. The Morgan fingerprint density at radius 2 is 1.72 bits per heavy atom. The smallest absolute Gasteiger partial charge is 0.336 e. The zero-order valence-corrected chi connectivity index (χ0v) is 20.8. The first-order chi connectivity index (χ1) is 18.8. The fourth-order valence-corrected chi connectivity index (χ4v) is 4.36. The number of hydrogen-bond donors (Lipinski definition) is 2. The van der Waals surface area contributed by atoms with Gasteiger partial charge >= 0.3 is 5.97 Å². The molecule has 39 heavy (non-hydrogen) atoms. The van der Waals surface area contributed by atoms with Gasteiger partial charge in [0, 0.05) is 17.7 Å².